The Morgan fingerprint density at radius 3 is 2.48 bits per heavy atom. The van der Waals surface area contributed by atoms with Gasteiger partial charge in [0, 0.05) is 24.1 Å². The molecule has 0 bridgehead atoms. The standard InChI is InChI=1S/C33H38ClN3O3/c1-5-6-16-37-30(31(33(2,3)4)36-32(37)24-10-8-7-9-11-24)26(35-20-23-12-14-27(38)25(34)17-23)18-22-13-15-28-29(19-22)40-21-39-28/h7-15,17,19,26,35,38H,5-6,16,18,20-21H2,1-4H3. The number of fused-ring (bicyclic) bond motifs is 1. The van der Waals surface area contributed by atoms with Crippen molar-refractivity contribution < 1.29 is 14.6 Å². The molecular formula is C33H38ClN3O3. The molecule has 0 amide bonds. The van der Waals surface area contributed by atoms with E-state index < -0.39 is 0 Å². The van der Waals surface area contributed by atoms with Crippen LogP contribution < -0.4 is 14.8 Å². The van der Waals surface area contributed by atoms with Gasteiger partial charge >= 0.3 is 0 Å². The van der Waals surface area contributed by atoms with E-state index in [9.17, 15) is 5.11 Å². The second-order valence-electron chi connectivity index (χ2n) is 11.4. The van der Waals surface area contributed by atoms with Crippen LogP contribution in [0.25, 0.3) is 11.4 Å². The van der Waals surface area contributed by atoms with Crippen molar-refractivity contribution in [2.24, 2.45) is 0 Å². The number of nitrogens with zero attached hydrogens (tertiary/aromatic N) is 2. The molecule has 3 aromatic carbocycles. The van der Waals surface area contributed by atoms with Crippen LogP contribution in [0.3, 0.4) is 0 Å². The number of benzene rings is 3. The Labute approximate surface area is 241 Å². The first kappa shape index (κ1) is 28.1. The van der Waals surface area contributed by atoms with Gasteiger partial charge in [-0.3, -0.25) is 0 Å². The van der Waals surface area contributed by atoms with Crippen LogP contribution in [0.15, 0.2) is 66.7 Å². The third-order valence-corrected chi connectivity index (χ3v) is 7.56. The Morgan fingerprint density at radius 1 is 1.00 bits per heavy atom. The first-order valence-corrected chi connectivity index (χ1v) is 14.4. The van der Waals surface area contributed by atoms with E-state index in [0.717, 1.165) is 65.5 Å². The van der Waals surface area contributed by atoms with E-state index in [2.05, 4.69) is 74.0 Å². The minimum atomic E-state index is -0.174. The normalized spacial score (nSPS) is 13.5. The number of ether oxygens (including phenoxy) is 2. The third kappa shape index (κ3) is 6.13. The summed E-state index contributed by atoms with van der Waals surface area (Å²) in [5.41, 5.74) is 5.37. The summed E-state index contributed by atoms with van der Waals surface area (Å²) >= 11 is 6.25. The first-order chi connectivity index (χ1) is 19.2. The van der Waals surface area contributed by atoms with Gasteiger partial charge in [-0.2, -0.15) is 0 Å². The number of imidazole rings is 1. The summed E-state index contributed by atoms with van der Waals surface area (Å²) < 4.78 is 13.7. The highest BCUT2D eigenvalue weighted by Crippen LogP contribution is 2.38. The topological polar surface area (TPSA) is 68.5 Å². The van der Waals surface area contributed by atoms with Gasteiger partial charge in [0.2, 0.25) is 6.79 Å². The molecule has 0 aliphatic carbocycles. The predicted octanol–water partition coefficient (Wildman–Crippen LogP) is 7.81. The monoisotopic (exact) mass is 559 g/mol. The molecule has 2 heterocycles. The number of aromatic hydroxyl groups is 1. The molecule has 1 unspecified atom stereocenters. The molecule has 5 rings (SSSR count). The molecule has 0 saturated heterocycles. The fourth-order valence-electron chi connectivity index (χ4n) is 5.19. The summed E-state index contributed by atoms with van der Waals surface area (Å²) in [6.45, 7) is 10.6. The van der Waals surface area contributed by atoms with Gasteiger partial charge in [0.1, 0.15) is 11.6 Å². The minimum absolute atomic E-state index is 0.0519. The van der Waals surface area contributed by atoms with Crippen molar-refractivity contribution in [2.75, 3.05) is 6.79 Å². The van der Waals surface area contributed by atoms with E-state index in [1.54, 1.807) is 6.07 Å². The smallest absolute Gasteiger partial charge is 0.231 e. The quantitative estimate of drug-likeness (QED) is 0.207. The van der Waals surface area contributed by atoms with Crippen molar-refractivity contribution in [1.29, 1.82) is 0 Å². The predicted molar refractivity (Wildman–Crippen MR) is 160 cm³/mol. The molecule has 210 valence electrons. The largest absolute Gasteiger partial charge is 0.506 e. The highest BCUT2D eigenvalue weighted by Gasteiger charge is 2.31. The van der Waals surface area contributed by atoms with Gasteiger partial charge in [-0.15, -0.1) is 0 Å². The number of hydrogen-bond donors (Lipinski definition) is 2. The average Bonchev–Trinajstić information content (AvgIpc) is 3.56. The molecule has 1 aliphatic heterocycles. The van der Waals surface area contributed by atoms with Crippen LogP contribution in [0, 0.1) is 0 Å². The van der Waals surface area contributed by atoms with Crippen molar-refractivity contribution in [3.63, 3.8) is 0 Å². The molecule has 0 radical (unpaired) electrons. The molecule has 0 saturated carbocycles. The van der Waals surface area contributed by atoms with Gasteiger partial charge in [0.25, 0.3) is 0 Å². The van der Waals surface area contributed by atoms with Gasteiger partial charge in [0.15, 0.2) is 11.5 Å². The number of phenolic OH excluding ortho intramolecular Hbond substituents is 1. The second-order valence-corrected chi connectivity index (χ2v) is 11.8. The Balaban J connectivity index is 1.62. The second kappa shape index (κ2) is 11.9. The summed E-state index contributed by atoms with van der Waals surface area (Å²) in [4.78, 5) is 5.33. The van der Waals surface area contributed by atoms with Crippen LogP contribution in [0.5, 0.6) is 17.2 Å². The van der Waals surface area contributed by atoms with Gasteiger partial charge < -0.3 is 24.5 Å². The van der Waals surface area contributed by atoms with Crippen LogP contribution in [0.1, 0.15) is 69.1 Å². The Hall–Kier alpha value is -3.48. The number of phenols is 1. The molecular weight excluding hydrogens is 522 g/mol. The Bertz CT molecular complexity index is 1460. The summed E-state index contributed by atoms with van der Waals surface area (Å²) in [5.74, 6) is 2.64. The number of nitrogens with one attached hydrogen (secondary N) is 1. The molecule has 1 aliphatic rings. The van der Waals surface area contributed by atoms with E-state index in [-0.39, 0.29) is 24.0 Å². The van der Waals surface area contributed by atoms with Crippen LogP contribution in [0.4, 0.5) is 0 Å². The highest BCUT2D eigenvalue weighted by molar-refractivity contribution is 6.32. The molecule has 1 aromatic heterocycles. The Morgan fingerprint density at radius 2 is 1.75 bits per heavy atom. The molecule has 7 heteroatoms. The number of rotatable bonds is 10. The fraction of sp³-hybridized carbons (Fsp3) is 0.364. The van der Waals surface area contributed by atoms with Gasteiger partial charge in [-0.1, -0.05) is 88.2 Å². The lowest BCUT2D eigenvalue weighted by atomic mass is 9.87. The zero-order chi connectivity index (χ0) is 28.3. The number of halogens is 1. The van der Waals surface area contributed by atoms with E-state index in [0.29, 0.717) is 11.6 Å². The molecule has 1 atom stereocenters. The lowest BCUT2D eigenvalue weighted by Gasteiger charge is -2.27. The molecule has 0 spiro atoms. The van der Waals surface area contributed by atoms with E-state index in [1.165, 1.54) is 5.69 Å². The SMILES string of the molecule is CCCCn1c(-c2ccccc2)nc(C(C)(C)C)c1C(Cc1ccc2c(c1)OCO2)NCc1ccc(O)c(Cl)c1. The third-order valence-electron chi connectivity index (χ3n) is 7.26. The number of aromatic nitrogens is 2. The van der Waals surface area contributed by atoms with Crippen LogP contribution >= 0.6 is 11.6 Å². The van der Waals surface area contributed by atoms with E-state index in [1.807, 2.05) is 24.3 Å². The summed E-state index contributed by atoms with van der Waals surface area (Å²) in [5, 5.41) is 14.1. The fourth-order valence-corrected chi connectivity index (χ4v) is 5.39. The zero-order valence-corrected chi connectivity index (χ0v) is 24.5. The maximum absolute atomic E-state index is 9.94. The lowest BCUT2D eigenvalue weighted by Crippen LogP contribution is -2.29. The first-order valence-electron chi connectivity index (χ1n) is 14.0. The van der Waals surface area contributed by atoms with Gasteiger partial charge in [-0.25, -0.2) is 4.98 Å². The molecule has 40 heavy (non-hydrogen) atoms. The highest BCUT2D eigenvalue weighted by atomic mass is 35.5. The molecule has 2 N–H and O–H groups in total. The maximum Gasteiger partial charge on any atom is 0.231 e. The van der Waals surface area contributed by atoms with Crippen LogP contribution in [-0.2, 0) is 24.9 Å². The van der Waals surface area contributed by atoms with E-state index in [4.69, 9.17) is 26.1 Å². The number of unbranched alkanes of at least 4 members (excludes halogenated alkanes) is 1. The van der Waals surface area contributed by atoms with Crippen molar-refractivity contribution in [1.82, 2.24) is 14.9 Å². The van der Waals surface area contributed by atoms with Crippen molar-refractivity contribution in [3.8, 4) is 28.6 Å². The maximum atomic E-state index is 9.94. The summed E-state index contributed by atoms with van der Waals surface area (Å²) in [7, 11) is 0. The van der Waals surface area contributed by atoms with Gasteiger partial charge in [0.05, 0.1) is 22.5 Å². The van der Waals surface area contributed by atoms with Crippen molar-refractivity contribution in [2.45, 2.75) is 71.5 Å². The summed E-state index contributed by atoms with van der Waals surface area (Å²) in [6.07, 6.45) is 2.87. The molecule has 6 nitrogen and oxygen atoms in total. The van der Waals surface area contributed by atoms with Crippen molar-refractivity contribution >= 4 is 11.6 Å². The minimum Gasteiger partial charge on any atom is -0.506 e. The number of hydrogen-bond acceptors (Lipinski definition) is 5. The lowest BCUT2D eigenvalue weighted by molar-refractivity contribution is 0.174. The van der Waals surface area contributed by atoms with E-state index >= 15 is 0 Å². The molecule has 4 aromatic rings. The summed E-state index contributed by atoms with van der Waals surface area (Å²) in [6, 6.07) is 22.0. The Kier molecular flexibility index (Phi) is 8.38. The zero-order valence-electron chi connectivity index (χ0n) is 23.7. The average molecular weight is 560 g/mol. The van der Waals surface area contributed by atoms with Crippen LogP contribution in [-0.4, -0.2) is 21.5 Å². The molecule has 0 fully saturated rings. The van der Waals surface area contributed by atoms with Gasteiger partial charge in [-0.05, 0) is 48.2 Å². The van der Waals surface area contributed by atoms with Crippen molar-refractivity contribution in [3.05, 3.63) is 94.3 Å². The van der Waals surface area contributed by atoms with Crippen LogP contribution in [0.2, 0.25) is 5.02 Å².